The predicted molar refractivity (Wildman–Crippen MR) is 54.4 cm³/mol. The van der Waals surface area contributed by atoms with Gasteiger partial charge in [0.05, 0.1) is 17.7 Å². The summed E-state index contributed by atoms with van der Waals surface area (Å²) in [5, 5.41) is 8.93. The Bertz CT molecular complexity index is 400. The first-order valence-corrected chi connectivity index (χ1v) is 4.63. The molecule has 80 valence electrons. The lowest BCUT2D eigenvalue weighted by Gasteiger charge is -2.03. The standard InChI is InChI=1S/C10H9ClO4/c1-2-15-10(14)7-3-6(9(12)13)4-8(11)5-7/h3-5H,2H2,1H3,(H,12,13). The molecule has 1 aromatic rings. The number of carbonyl (C=O) groups excluding carboxylic acids is 1. The van der Waals surface area contributed by atoms with E-state index in [9.17, 15) is 9.59 Å². The van der Waals surface area contributed by atoms with Crippen molar-refractivity contribution in [1.29, 1.82) is 0 Å². The van der Waals surface area contributed by atoms with Crippen LogP contribution in [-0.2, 0) is 4.74 Å². The van der Waals surface area contributed by atoms with Crippen LogP contribution in [0.2, 0.25) is 5.02 Å². The highest BCUT2D eigenvalue weighted by Gasteiger charge is 2.12. The fourth-order valence-electron chi connectivity index (χ4n) is 1.05. The molecular formula is C10H9ClO4. The predicted octanol–water partition coefficient (Wildman–Crippen LogP) is 2.21. The third kappa shape index (κ3) is 2.95. The van der Waals surface area contributed by atoms with Crippen LogP contribution in [0.25, 0.3) is 0 Å². The minimum absolute atomic E-state index is 0.0365. The van der Waals surface area contributed by atoms with Gasteiger partial charge in [-0.15, -0.1) is 0 Å². The molecular weight excluding hydrogens is 220 g/mol. The van der Waals surface area contributed by atoms with Crippen molar-refractivity contribution in [1.82, 2.24) is 0 Å². The summed E-state index contributed by atoms with van der Waals surface area (Å²) in [4.78, 5) is 22.0. The van der Waals surface area contributed by atoms with Gasteiger partial charge in [0.15, 0.2) is 0 Å². The minimum atomic E-state index is -1.14. The van der Waals surface area contributed by atoms with Crippen LogP contribution in [0, 0.1) is 0 Å². The Kier molecular flexibility index (Phi) is 3.68. The second-order valence-electron chi connectivity index (χ2n) is 2.75. The Morgan fingerprint density at radius 1 is 1.33 bits per heavy atom. The van der Waals surface area contributed by atoms with Crippen molar-refractivity contribution in [3.63, 3.8) is 0 Å². The minimum Gasteiger partial charge on any atom is -0.478 e. The molecule has 1 rings (SSSR count). The number of ether oxygens (including phenoxy) is 1. The van der Waals surface area contributed by atoms with Crippen molar-refractivity contribution < 1.29 is 19.4 Å². The molecule has 0 amide bonds. The Balaban J connectivity index is 3.09. The van der Waals surface area contributed by atoms with Gasteiger partial charge in [-0.05, 0) is 25.1 Å². The second-order valence-corrected chi connectivity index (χ2v) is 3.19. The summed E-state index contributed by atoms with van der Waals surface area (Å²) in [5.41, 5.74) is 0.104. The fourth-order valence-corrected chi connectivity index (χ4v) is 1.28. The van der Waals surface area contributed by atoms with Gasteiger partial charge in [-0.2, -0.15) is 0 Å². The molecule has 0 radical (unpaired) electrons. The number of carboxylic acid groups (broad SMARTS) is 1. The maximum atomic E-state index is 11.3. The van der Waals surface area contributed by atoms with Gasteiger partial charge in [-0.25, -0.2) is 9.59 Å². The van der Waals surface area contributed by atoms with Gasteiger partial charge in [0.1, 0.15) is 0 Å². The van der Waals surface area contributed by atoms with Crippen LogP contribution in [0.4, 0.5) is 0 Å². The molecule has 0 saturated carbocycles. The number of esters is 1. The van der Waals surface area contributed by atoms with Gasteiger partial charge in [0.25, 0.3) is 0 Å². The molecule has 0 fully saturated rings. The van der Waals surface area contributed by atoms with Gasteiger partial charge < -0.3 is 9.84 Å². The average Bonchev–Trinajstić information content (AvgIpc) is 2.17. The lowest BCUT2D eigenvalue weighted by molar-refractivity contribution is 0.0526. The molecule has 0 spiro atoms. The SMILES string of the molecule is CCOC(=O)c1cc(Cl)cc(C(=O)O)c1. The first-order valence-electron chi connectivity index (χ1n) is 4.25. The zero-order valence-electron chi connectivity index (χ0n) is 7.99. The molecule has 0 aromatic heterocycles. The zero-order chi connectivity index (χ0) is 11.4. The van der Waals surface area contributed by atoms with Gasteiger partial charge in [0.2, 0.25) is 0 Å². The van der Waals surface area contributed by atoms with Crippen molar-refractivity contribution in [3.8, 4) is 0 Å². The summed E-state index contributed by atoms with van der Waals surface area (Å²) in [6, 6.07) is 3.87. The molecule has 0 aliphatic carbocycles. The number of hydrogen-bond acceptors (Lipinski definition) is 3. The highest BCUT2D eigenvalue weighted by molar-refractivity contribution is 6.31. The number of aromatic carboxylic acids is 1. The largest absolute Gasteiger partial charge is 0.478 e. The third-order valence-electron chi connectivity index (χ3n) is 1.66. The van der Waals surface area contributed by atoms with Crippen molar-refractivity contribution in [2.75, 3.05) is 6.61 Å². The van der Waals surface area contributed by atoms with E-state index in [0.717, 1.165) is 0 Å². The van der Waals surface area contributed by atoms with Crippen LogP contribution < -0.4 is 0 Å². The first-order chi connectivity index (χ1) is 7.04. The van der Waals surface area contributed by atoms with E-state index in [2.05, 4.69) is 0 Å². The maximum Gasteiger partial charge on any atom is 0.338 e. The van der Waals surface area contributed by atoms with Crippen LogP contribution in [0.15, 0.2) is 18.2 Å². The summed E-state index contributed by atoms with van der Waals surface area (Å²) < 4.78 is 4.73. The smallest absolute Gasteiger partial charge is 0.338 e. The maximum absolute atomic E-state index is 11.3. The van der Waals surface area contributed by atoms with E-state index in [0.29, 0.717) is 0 Å². The summed E-state index contributed by atoms with van der Waals surface area (Å²) in [6.45, 7) is 1.90. The number of halogens is 1. The van der Waals surface area contributed by atoms with E-state index in [1.54, 1.807) is 6.92 Å². The van der Waals surface area contributed by atoms with Gasteiger partial charge in [-0.3, -0.25) is 0 Å². The Hall–Kier alpha value is -1.55. The zero-order valence-corrected chi connectivity index (χ0v) is 8.75. The molecule has 15 heavy (non-hydrogen) atoms. The van der Waals surface area contributed by atoms with Crippen LogP contribution in [0.5, 0.6) is 0 Å². The van der Waals surface area contributed by atoms with Crippen molar-refractivity contribution in [2.45, 2.75) is 6.92 Å². The highest BCUT2D eigenvalue weighted by Crippen LogP contribution is 2.16. The second kappa shape index (κ2) is 4.79. The molecule has 1 N–H and O–H groups in total. The Labute approximate surface area is 91.4 Å². The molecule has 0 saturated heterocycles. The summed E-state index contributed by atoms with van der Waals surface area (Å²) in [5.74, 6) is -1.72. The number of benzene rings is 1. The number of rotatable bonds is 3. The van der Waals surface area contributed by atoms with E-state index in [-0.39, 0.29) is 22.8 Å². The molecule has 5 heteroatoms. The summed E-state index contributed by atoms with van der Waals surface area (Å²) in [7, 11) is 0. The van der Waals surface area contributed by atoms with Gasteiger partial charge in [-0.1, -0.05) is 11.6 Å². The molecule has 1 aromatic carbocycles. The van der Waals surface area contributed by atoms with E-state index in [1.807, 2.05) is 0 Å². The lowest BCUT2D eigenvalue weighted by atomic mass is 10.1. The monoisotopic (exact) mass is 228 g/mol. The number of carboxylic acids is 1. The molecule has 0 unspecified atom stereocenters. The molecule has 0 aliphatic rings. The number of carbonyl (C=O) groups is 2. The normalized spacial score (nSPS) is 9.73. The van der Waals surface area contributed by atoms with Crippen molar-refractivity contribution in [3.05, 3.63) is 34.3 Å². The van der Waals surface area contributed by atoms with Crippen LogP contribution >= 0.6 is 11.6 Å². The van der Waals surface area contributed by atoms with Gasteiger partial charge >= 0.3 is 11.9 Å². The first kappa shape index (κ1) is 11.5. The van der Waals surface area contributed by atoms with Crippen LogP contribution in [0.1, 0.15) is 27.6 Å². The molecule has 0 bridgehead atoms. The van der Waals surface area contributed by atoms with E-state index < -0.39 is 11.9 Å². The fraction of sp³-hybridized carbons (Fsp3) is 0.200. The topological polar surface area (TPSA) is 63.6 Å². The molecule has 0 heterocycles. The van der Waals surface area contributed by atoms with Crippen LogP contribution in [-0.4, -0.2) is 23.7 Å². The highest BCUT2D eigenvalue weighted by atomic mass is 35.5. The summed E-state index contributed by atoms with van der Waals surface area (Å²) in [6.07, 6.45) is 0. The van der Waals surface area contributed by atoms with E-state index in [4.69, 9.17) is 21.4 Å². The van der Waals surface area contributed by atoms with E-state index in [1.165, 1.54) is 18.2 Å². The molecule has 4 nitrogen and oxygen atoms in total. The summed E-state index contributed by atoms with van der Waals surface area (Å²) >= 11 is 5.67. The lowest BCUT2D eigenvalue weighted by Crippen LogP contribution is -2.06. The van der Waals surface area contributed by atoms with Crippen LogP contribution in [0.3, 0.4) is 0 Å². The third-order valence-corrected chi connectivity index (χ3v) is 1.87. The Morgan fingerprint density at radius 3 is 2.47 bits per heavy atom. The van der Waals surface area contributed by atoms with Crippen molar-refractivity contribution in [2.24, 2.45) is 0 Å². The number of hydrogen-bond donors (Lipinski definition) is 1. The van der Waals surface area contributed by atoms with Crippen molar-refractivity contribution >= 4 is 23.5 Å². The van der Waals surface area contributed by atoms with Gasteiger partial charge in [0, 0.05) is 5.02 Å². The Morgan fingerprint density at radius 2 is 1.93 bits per heavy atom. The quantitative estimate of drug-likeness (QED) is 0.806. The molecule has 0 atom stereocenters. The molecule has 0 aliphatic heterocycles. The van der Waals surface area contributed by atoms with E-state index >= 15 is 0 Å². The average molecular weight is 229 g/mol.